The minimum absolute atomic E-state index is 0.729. The van der Waals surface area contributed by atoms with Gasteiger partial charge in [0.1, 0.15) is 17.2 Å². The van der Waals surface area contributed by atoms with Gasteiger partial charge in [0.15, 0.2) is 5.82 Å². The molecular formula is C16H21N3O2. The van der Waals surface area contributed by atoms with Crippen molar-refractivity contribution < 1.29 is 9.47 Å². The highest BCUT2D eigenvalue weighted by molar-refractivity contribution is 5.74. The Morgan fingerprint density at radius 3 is 2.05 bits per heavy atom. The fourth-order valence-corrected chi connectivity index (χ4v) is 2.04. The molecule has 2 rings (SSSR count). The van der Waals surface area contributed by atoms with Gasteiger partial charge < -0.3 is 14.8 Å². The third kappa shape index (κ3) is 3.24. The van der Waals surface area contributed by atoms with E-state index in [0.29, 0.717) is 0 Å². The maximum atomic E-state index is 5.32. The van der Waals surface area contributed by atoms with E-state index in [0.717, 1.165) is 46.5 Å². The van der Waals surface area contributed by atoms with Gasteiger partial charge in [-0.25, -0.2) is 9.97 Å². The van der Waals surface area contributed by atoms with Crippen molar-refractivity contribution in [2.75, 3.05) is 26.1 Å². The van der Waals surface area contributed by atoms with Gasteiger partial charge in [0.2, 0.25) is 0 Å². The summed E-state index contributed by atoms with van der Waals surface area (Å²) in [5.41, 5.74) is 3.55. The lowest BCUT2D eigenvalue weighted by Gasteiger charge is -2.13. The molecule has 1 heterocycles. The molecular weight excluding hydrogens is 266 g/mol. The number of rotatable bonds is 5. The summed E-state index contributed by atoms with van der Waals surface area (Å²) in [5, 5.41) is 3.26. The molecule has 1 aromatic carbocycles. The number of methoxy groups -OCH3 is 2. The van der Waals surface area contributed by atoms with Crippen molar-refractivity contribution in [2.45, 2.75) is 20.8 Å². The first-order valence-electron chi connectivity index (χ1n) is 6.91. The predicted molar refractivity (Wildman–Crippen MR) is 84.2 cm³/mol. The quantitative estimate of drug-likeness (QED) is 0.915. The van der Waals surface area contributed by atoms with E-state index < -0.39 is 0 Å². The van der Waals surface area contributed by atoms with Crippen molar-refractivity contribution in [1.29, 1.82) is 0 Å². The molecule has 5 nitrogen and oxygen atoms in total. The van der Waals surface area contributed by atoms with Crippen molar-refractivity contribution >= 4 is 5.82 Å². The maximum absolute atomic E-state index is 5.32. The average molecular weight is 287 g/mol. The molecule has 0 unspecified atom stereocenters. The van der Waals surface area contributed by atoms with Crippen LogP contribution in [-0.2, 0) is 0 Å². The summed E-state index contributed by atoms with van der Waals surface area (Å²) in [7, 11) is 3.27. The first-order valence-corrected chi connectivity index (χ1v) is 6.91. The van der Waals surface area contributed by atoms with E-state index in [1.807, 2.05) is 39.0 Å². The topological polar surface area (TPSA) is 56.3 Å². The van der Waals surface area contributed by atoms with E-state index in [9.17, 15) is 0 Å². The van der Waals surface area contributed by atoms with Crippen LogP contribution in [0.1, 0.15) is 18.3 Å². The molecule has 21 heavy (non-hydrogen) atoms. The van der Waals surface area contributed by atoms with Crippen molar-refractivity contribution in [3.05, 3.63) is 29.6 Å². The van der Waals surface area contributed by atoms with Gasteiger partial charge in [0.05, 0.1) is 25.6 Å². The second-order valence-corrected chi connectivity index (χ2v) is 4.72. The van der Waals surface area contributed by atoms with E-state index in [1.165, 1.54) is 0 Å². The molecule has 0 saturated carbocycles. The summed E-state index contributed by atoms with van der Waals surface area (Å²) in [6.45, 7) is 6.73. The van der Waals surface area contributed by atoms with Crippen LogP contribution in [0.15, 0.2) is 18.2 Å². The molecule has 112 valence electrons. The Morgan fingerprint density at radius 2 is 1.52 bits per heavy atom. The predicted octanol–water partition coefficient (Wildman–Crippen LogP) is 3.21. The Labute approximate surface area is 125 Å². The molecule has 0 radical (unpaired) electrons. The van der Waals surface area contributed by atoms with Crippen LogP contribution >= 0.6 is 0 Å². The molecule has 1 aromatic heterocycles. The van der Waals surface area contributed by atoms with Crippen LogP contribution in [0.3, 0.4) is 0 Å². The van der Waals surface area contributed by atoms with Gasteiger partial charge in [-0.2, -0.15) is 0 Å². The van der Waals surface area contributed by atoms with Crippen LogP contribution in [0.5, 0.6) is 11.5 Å². The fraction of sp³-hybridized carbons (Fsp3) is 0.375. The second kappa shape index (κ2) is 6.43. The van der Waals surface area contributed by atoms with Crippen LogP contribution in [0, 0.1) is 13.8 Å². The smallest absolute Gasteiger partial charge is 0.152 e. The lowest BCUT2D eigenvalue weighted by molar-refractivity contribution is 0.394. The van der Waals surface area contributed by atoms with E-state index in [4.69, 9.17) is 9.47 Å². The summed E-state index contributed by atoms with van der Waals surface area (Å²) in [6.07, 6.45) is 0. The van der Waals surface area contributed by atoms with Crippen LogP contribution in [0.2, 0.25) is 0 Å². The monoisotopic (exact) mass is 287 g/mol. The van der Waals surface area contributed by atoms with Gasteiger partial charge in [-0.15, -0.1) is 0 Å². The standard InChI is InChI=1S/C16H21N3O2/c1-6-17-16-15(18-10(2)11(3)19-16)12-7-13(20-4)9-14(8-12)21-5/h7-9H,6H2,1-5H3,(H,17,19). The highest BCUT2D eigenvalue weighted by atomic mass is 16.5. The molecule has 0 bridgehead atoms. The highest BCUT2D eigenvalue weighted by Crippen LogP contribution is 2.32. The maximum Gasteiger partial charge on any atom is 0.152 e. The summed E-state index contributed by atoms with van der Waals surface area (Å²) in [4.78, 5) is 9.27. The normalized spacial score (nSPS) is 10.3. The number of aryl methyl sites for hydroxylation is 2. The second-order valence-electron chi connectivity index (χ2n) is 4.72. The summed E-state index contributed by atoms with van der Waals surface area (Å²) in [6, 6.07) is 5.70. The van der Waals surface area contributed by atoms with Gasteiger partial charge in [0.25, 0.3) is 0 Å². The lowest BCUT2D eigenvalue weighted by Crippen LogP contribution is -2.06. The summed E-state index contributed by atoms with van der Waals surface area (Å²) >= 11 is 0. The van der Waals surface area contributed by atoms with Crippen molar-refractivity contribution in [3.63, 3.8) is 0 Å². The van der Waals surface area contributed by atoms with Crippen LogP contribution in [0.25, 0.3) is 11.3 Å². The molecule has 0 spiro atoms. The zero-order valence-electron chi connectivity index (χ0n) is 13.2. The first kappa shape index (κ1) is 15.1. The highest BCUT2D eigenvalue weighted by Gasteiger charge is 2.13. The van der Waals surface area contributed by atoms with Gasteiger partial charge in [-0.3, -0.25) is 0 Å². The Kier molecular flexibility index (Phi) is 4.62. The fourth-order valence-electron chi connectivity index (χ4n) is 2.04. The van der Waals surface area contributed by atoms with Gasteiger partial charge >= 0.3 is 0 Å². The zero-order valence-corrected chi connectivity index (χ0v) is 13.2. The lowest BCUT2D eigenvalue weighted by atomic mass is 10.1. The van der Waals surface area contributed by atoms with Crippen LogP contribution in [0.4, 0.5) is 5.82 Å². The number of hydrogen-bond donors (Lipinski definition) is 1. The molecule has 5 heteroatoms. The molecule has 0 atom stereocenters. The number of anilines is 1. The van der Waals surface area contributed by atoms with Crippen LogP contribution < -0.4 is 14.8 Å². The minimum atomic E-state index is 0.729. The minimum Gasteiger partial charge on any atom is -0.497 e. The number of hydrogen-bond acceptors (Lipinski definition) is 5. The van der Waals surface area contributed by atoms with E-state index in [2.05, 4.69) is 15.3 Å². The molecule has 0 amide bonds. The SMILES string of the molecule is CCNc1nc(C)c(C)nc1-c1cc(OC)cc(OC)c1. The average Bonchev–Trinajstić information content (AvgIpc) is 2.50. The third-order valence-corrected chi connectivity index (χ3v) is 3.28. The molecule has 0 saturated heterocycles. The number of nitrogens with one attached hydrogen (secondary N) is 1. The number of nitrogens with zero attached hydrogens (tertiary/aromatic N) is 2. The van der Waals surface area contributed by atoms with Crippen molar-refractivity contribution in [2.24, 2.45) is 0 Å². The number of ether oxygens (including phenoxy) is 2. The van der Waals surface area contributed by atoms with Crippen molar-refractivity contribution in [1.82, 2.24) is 9.97 Å². The van der Waals surface area contributed by atoms with Gasteiger partial charge in [-0.05, 0) is 32.9 Å². The van der Waals surface area contributed by atoms with Crippen LogP contribution in [-0.4, -0.2) is 30.7 Å². The Bertz CT molecular complexity index is 619. The zero-order chi connectivity index (χ0) is 15.4. The summed E-state index contributed by atoms with van der Waals surface area (Å²) in [5.74, 6) is 2.23. The Hall–Kier alpha value is -2.30. The van der Waals surface area contributed by atoms with Gasteiger partial charge in [0, 0.05) is 18.2 Å². The number of aromatic nitrogens is 2. The van der Waals surface area contributed by atoms with E-state index in [-0.39, 0.29) is 0 Å². The summed E-state index contributed by atoms with van der Waals surface area (Å²) < 4.78 is 10.6. The molecule has 2 aromatic rings. The first-order chi connectivity index (χ1) is 10.1. The molecule has 1 N–H and O–H groups in total. The molecule has 0 aliphatic heterocycles. The number of benzene rings is 1. The van der Waals surface area contributed by atoms with Crippen molar-refractivity contribution in [3.8, 4) is 22.8 Å². The molecule has 0 aliphatic carbocycles. The Balaban J connectivity index is 2.61. The van der Waals surface area contributed by atoms with E-state index >= 15 is 0 Å². The Morgan fingerprint density at radius 1 is 0.952 bits per heavy atom. The largest absolute Gasteiger partial charge is 0.497 e. The van der Waals surface area contributed by atoms with Gasteiger partial charge in [-0.1, -0.05) is 0 Å². The third-order valence-electron chi connectivity index (χ3n) is 3.28. The molecule has 0 fully saturated rings. The van der Waals surface area contributed by atoms with E-state index in [1.54, 1.807) is 14.2 Å². The molecule has 0 aliphatic rings.